The Kier molecular flexibility index (Phi) is 8.83. The lowest BCUT2D eigenvalue weighted by molar-refractivity contribution is 0.0975. The lowest BCUT2D eigenvalue weighted by atomic mass is 9.98. The lowest BCUT2D eigenvalue weighted by Gasteiger charge is -2.24. The Morgan fingerprint density at radius 2 is 1.39 bits per heavy atom. The van der Waals surface area contributed by atoms with Crippen LogP contribution in [0.1, 0.15) is 81.3 Å². The van der Waals surface area contributed by atoms with E-state index in [0.717, 1.165) is 81.9 Å². The third kappa shape index (κ3) is 6.55. The van der Waals surface area contributed by atoms with E-state index < -0.39 is 0 Å². The summed E-state index contributed by atoms with van der Waals surface area (Å²) < 4.78 is 18.7. The number of nitrogens with one attached hydrogen (secondary N) is 1. The van der Waals surface area contributed by atoms with Gasteiger partial charge in [-0.05, 0) is 129 Å². The summed E-state index contributed by atoms with van der Waals surface area (Å²) >= 11 is 0. The number of aryl methyl sites for hydroxylation is 2. The standard InChI is InChI=1S/C47H46N4O5/c1-28-16-37-31(14-15-35-20-32-10-6-8-12-40(32)50(35)45(37)52)22-42(28)55-26-29-17-30(19-34(18-29)49-47(2,3)4)27-56-44-24-39-38(23-43(44)54-5)46(53)51-36(25-48-39)21-33-11-7-9-13-41(33)51/h6-13,16-19,22-25,35-36,49H,14-15,20-21,26-27H2,1-5H3/t35-,36+/m1/s1. The number of aliphatic imine (C=N–C) groups is 1. The average molecular weight is 747 g/mol. The van der Waals surface area contributed by atoms with E-state index in [1.165, 1.54) is 5.56 Å². The molecule has 9 rings (SSSR count). The molecule has 9 heteroatoms. The van der Waals surface area contributed by atoms with Crippen molar-refractivity contribution in [3.8, 4) is 17.2 Å². The molecule has 0 aromatic heterocycles. The van der Waals surface area contributed by atoms with Crippen LogP contribution in [0.4, 0.5) is 22.7 Å². The van der Waals surface area contributed by atoms with Crippen molar-refractivity contribution >= 4 is 40.8 Å². The van der Waals surface area contributed by atoms with E-state index in [1.807, 2.05) is 53.3 Å². The number of rotatable bonds is 8. The Bertz CT molecular complexity index is 2430. The lowest BCUT2D eigenvalue weighted by Crippen LogP contribution is -2.37. The molecule has 0 saturated carbocycles. The Morgan fingerprint density at radius 1 is 0.732 bits per heavy atom. The second-order valence-corrected chi connectivity index (χ2v) is 16.3. The number of nitrogens with zero attached hydrogens (tertiary/aromatic N) is 3. The highest BCUT2D eigenvalue weighted by atomic mass is 16.5. The van der Waals surface area contributed by atoms with E-state index >= 15 is 0 Å². The number of fused-ring (bicyclic) bond motifs is 8. The Hall–Kier alpha value is -6.09. The van der Waals surface area contributed by atoms with Crippen molar-refractivity contribution in [2.24, 2.45) is 4.99 Å². The van der Waals surface area contributed by atoms with Crippen molar-refractivity contribution in [3.05, 3.63) is 136 Å². The predicted octanol–water partition coefficient (Wildman–Crippen LogP) is 9.18. The van der Waals surface area contributed by atoms with E-state index in [1.54, 1.807) is 19.2 Å². The average Bonchev–Trinajstić information content (AvgIpc) is 3.67. The van der Waals surface area contributed by atoms with Crippen LogP contribution in [0.2, 0.25) is 0 Å². The molecule has 0 spiro atoms. The number of carbonyl (C=O) groups excluding carboxylic acids is 2. The van der Waals surface area contributed by atoms with Crippen molar-refractivity contribution in [3.63, 3.8) is 0 Å². The van der Waals surface area contributed by atoms with Crippen LogP contribution in [0.25, 0.3) is 0 Å². The monoisotopic (exact) mass is 746 g/mol. The topological polar surface area (TPSA) is 92.7 Å². The molecule has 4 heterocycles. The number of anilines is 3. The number of hydrogen-bond donors (Lipinski definition) is 1. The normalized spacial score (nSPS) is 17.9. The number of amides is 2. The Labute approximate surface area is 327 Å². The number of carbonyl (C=O) groups is 2. The minimum absolute atomic E-state index is 0.0725. The highest BCUT2D eigenvalue weighted by Crippen LogP contribution is 2.42. The van der Waals surface area contributed by atoms with Gasteiger partial charge in [-0.1, -0.05) is 36.4 Å². The first-order valence-corrected chi connectivity index (χ1v) is 19.4. The van der Waals surface area contributed by atoms with Gasteiger partial charge in [0.2, 0.25) is 0 Å². The van der Waals surface area contributed by atoms with Crippen LogP contribution in [0.5, 0.6) is 17.2 Å². The number of ether oxygens (including phenoxy) is 3. The minimum Gasteiger partial charge on any atom is -0.493 e. The molecular weight excluding hydrogens is 701 g/mol. The second kappa shape index (κ2) is 13.9. The number of benzene rings is 5. The molecule has 4 aliphatic rings. The first-order chi connectivity index (χ1) is 27.0. The SMILES string of the molecule is COc1cc2c(cc1OCc1cc(COc3cc4c(cc3C)C(=O)N3c5ccccc5C[C@H]3CC4)cc(NC(C)(C)C)c1)N=C[C@@H]1Cc3ccccc3N1C2=O. The van der Waals surface area contributed by atoms with Gasteiger partial charge in [0.15, 0.2) is 11.5 Å². The minimum atomic E-state index is -0.174. The summed E-state index contributed by atoms with van der Waals surface area (Å²) in [7, 11) is 1.58. The molecule has 0 radical (unpaired) electrons. The number of para-hydroxylation sites is 2. The van der Waals surface area contributed by atoms with Gasteiger partial charge in [0.25, 0.3) is 11.8 Å². The molecule has 4 aliphatic heterocycles. The highest BCUT2D eigenvalue weighted by Gasteiger charge is 2.38. The zero-order valence-electron chi connectivity index (χ0n) is 32.5. The Balaban J connectivity index is 0.950. The summed E-state index contributed by atoms with van der Waals surface area (Å²) in [4.78, 5) is 36.5. The van der Waals surface area contributed by atoms with Gasteiger partial charge in [0, 0.05) is 52.9 Å². The van der Waals surface area contributed by atoms with Gasteiger partial charge < -0.3 is 24.4 Å². The molecule has 2 atom stereocenters. The molecule has 0 fully saturated rings. The molecule has 5 aromatic rings. The zero-order chi connectivity index (χ0) is 38.7. The van der Waals surface area contributed by atoms with E-state index in [4.69, 9.17) is 19.2 Å². The first-order valence-electron chi connectivity index (χ1n) is 19.4. The maximum absolute atomic E-state index is 13.9. The van der Waals surface area contributed by atoms with Crippen LogP contribution in [0.15, 0.2) is 96.0 Å². The summed E-state index contributed by atoms with van der Waals surface area (Å²) in [5.74, 6) is 1.71. The fourth-order valence-electron chi connectivity index (χ4n) is 8.66. The zero-order valence-corrected chi connectivity index (χ0v) is 32.5. The summed E-state index contributed by atoms with van der Waals surface area (Å²) in [5.41, 5.74) is 10.8. The summed E-state index contributed by atoms with van der Waals surface area (Å²) in [6.45, 7) is 8.98. The van der Waals surface area contributed by atoms with Crippen molar-refractivity contribution < 1.29 is 23.8 Å². The maximum atomic E-state index is 13.9. The van der Waals surface area contributed by atoms with E-state index in [0.29, 0.717) is 29.4 Å². The quantitative estimate of drug-likeness (QED) is 0.170. The van der Waals surface area contributed by atoms with Crippen LogP contribution in [0, 0.1) is 6.92 Å². The molecule has 2 amide bonds. The smallest absolute Gasteiger partial charge is 0.261 e. The highest BCUT2D eigenvalue weighted by molar-refractivity contribution is 6.15. The van der Waals surface area contributed by atoms with E-state index in [2.05, 4.69) is 74.6 Å². The second-order valence-electron chi connectivity index (χ2n) is 16.3. The molecule has 0 saturated heterocycles. The fourth-order valence-corrected chi connectivity index (χ4v) is 8.66. The molecule has 0 bridgehead atoms. The van der Waals surface area contributed by atoms with Gasteiger partial charge in [-0.3, -0.25) is 19.5 Å². The maximum Gasteiger partial charge on any atom is 0.261 e. The molecule has 56 heavy (non-hydrogen) atoms. The third-order valence-electron chi connectivity index (χ3n) is 11.2. The third-order valence-corrected chi connectivity index (χ3v) is 11.2. The van der Waals surface area contributed by atoms with Crippen molar-refractivity contribution in [1.29, 1.82) is 0 Å². The number of hydrogen-bond acceptors (Lipinski definition) is 7. The predicted molar refractivity (Wildman–Crippen MR) is 221 cm³/mol. The molecule has 0 unspecified atom stereocenters. The molecule has 5 aromatic carbocycles. The van der Waals surface area contributed by atoms with Crippen LogP contribution in [-0.4, -0.2) is 42.8 Å². The van der Waals surface area contributed by atoms with Gasteiger partial charge in [-0.2, -0.15) is 0 Å². The fraction of sp³-hybridized carbons (Fsp3) is 0.298. The van der Waals surface area contributed by atoms with Gasteiger partial charge in [-0.15, -0.1) is 0 Å². The molecule has 9 nitrogen and oxygen atoms in total. The Morgan fingerprint density at radius 3 is 2.11 bits per heavy atom. The van der Waals surface area contributed by atoms with E-state index in [-0.39, 0.29) is 36.0 Å². The van der Waals surface area contributed by atoms with Crippen LogP contribution < -0.4 is 29.3 Å². The number of methoxy groups -OCH3 is 1. The molecule has 0 aliphatic carbocycles. The van der Waals surface area contributed by atoms with Gasteiger partial charge in [0.05, 0.1) is 24.4 Å². The largest absolute Gasteiger partial charge is 0.493 e. The molecule has 1 N–H and O–H groups in total. The van der Waals surface area contributed by atoms with Crippen LogP contribution in [-0.2, 0) is 32.5 Å². The van der Waals surface area contributed by atoms with E-state index in [9.17, 15) is 9.59 Å². The summed E-state index contributed by atoms with van der Waals surface area (Å²) in [6, 6.07) is 30.2. The van der Waals surface area contributed by atoms with Crippen molar-refractivity contribution in [2.75, 3.05) is 22.2 Å². The van der Waals surface area contributed by atoms with Gasteiger partial charge >= 0.3 is 0 Å². The first kappa shape index (κ1) is 35.6. The summed E-state index contributed by atoms with van der Waals surface area (Å²) in [6.07, 6.45) is 5.21. The van der Waals surface area contributed by atoms with Crippen molar-refractivity contribution in [2.45, 2.75) is 84.2 Å². The van der Waals surface area contributed by atoms with Gasteiger partial charge in [0.1, 0.15) is 19.0 Å². The molecule has 284 valence electrons. The van der Waals surface area contributed by atoms with Crippen molar-refractivity contribution in [1.82, 2.24) is 0 Å². The van der Waals surface area contributed by atoms with Crippen LogP contribution in [0.3, 0.4) is 0 Å². The molecular formula is C47H46N4O5. The van der Waals surface area contributed by atoms with Gasteiger partial charge in [-0.25, -0.2) is 0 Å². The van der Waals surface area contributed by atoms with Crippen LogP contribution >= 0.6 is 0 Å². The summed E-state index contributed by atoms with van der Waals surface area (Å²) in [5, 5.41) is 3.61.